The first-order chi connectivity index (χ1) is 15.6. The fourth-order valence-corrected chi connectivity index (χ4v) is 3.87. The molecule has 1 aromatic heterocycles. The second kappa shape index (κ2) is 8.39. The Bertz CT molecular complexity index is 1260. The fraction of sp³-hybridized carbons (Fsp3) is 0.190. The summed E-state index contributed by atoms with van der Waals surface area (Å²) in [6.45, 7) is 0.305. The molecule has 0 spiro atoms. The molecule has 0 unspecified atom stereocenters. The van der Waals surface area contributed by atoms with E-state index in [-0.39, 0.29) is 47.2 Å². The maximum absolute atomic E-state index is 13.9. The first-order valence-electron chi connectivity index (χ1n) is 9.63. The van der Waals surface area contributed by atoms with E-state index in [2.05, 4.69) is 10.4 Å². The van der Waals surface area contributed by atoms with Gasteiger partial charge in [0.05, 0.1) is 40.6 Å². The molecule has 12 heteroatoms. The van der Waals surface area contributed by atoms with Crippen LogP contribution >= 0.6 is 11.6 Å². The van der Waals surface area contributed by atoms with Gasteiger partial charge in [-0.25, -0.2) is 9.18 Å². The Morgan fingerprint density at radius 1 is 1.12 bits per heavy atom. The summed E-state index contributed by atoms with van der Waals surface area (Å²) in [5.41, 5.74) is 4.04. The number of alkyl halides is 3. The van der Waals surface area contributed by atoms with Crippen molar-refractivity contribution in [1.82, 2.24) is 14.7 Å². The van der Waals surface area contributed by atoms with E-state index in [9.17, 15) is 27.2 Å². The summed E-state index contributed by atoms with van der Waals surface area (Å²) in [6, 6.07) is 7.66. The first-order valence-corrected chi connectivity index (χ1v) is 10.0. The summed E-state index contributed by atoms with van der Waals surface area (Å²) in [5, 5.41) is 6.29. The molecule has 3 N–H and O–H groups in total. The van der Waals surface area contributed by atoms with Crippen LogP contribution in [-0.2, 0) is 19.3 Å². The van der Waals surface area contributed by atoms with Crippen molar-refractivity contribution in [1.29, 1.82) is 0 Å². The number of carbonyl (C=O) groups is 2. The molecule has 3 amide bonds. The molecule has 0 fully saturated rings. The number of halogens is 5. The van der Waals surface area contributed by atoms with Crippen LogP contribution < -0.4 is 11.1 Å². The van der Waals surface area contributed by atoms with E-state index in [0.717, 1.165) is 18.2 Å². The van der Waals surface area contributed by atoms with Gasteiger partial charge in [-0.3, -0.25) is 9.48 Å². The molecule has 0 aliphatic carbocycles. The van der Waals surface area contributed by atoms with Gasteiger partial charge in [-0.15, -0.1) is 0 Å². The number of carbonyl (C=O) groups excluding carboxylic acids is 2. The van der Waals surface area contributed by atoms with Crippen LogP contribution in [0.15, 0.2) is 42.5 Å². The number of urea groups is 1. The van der Waals surface area contributed by atoms with Crippen molar-refractivity contribution < 1.29 is 27.2 Å². The predicted octanol–water partition coefficient (Wildman–Crippen LogP) is 4.51. The second-order valence-corrected chi connectivity index (χ2v) is 7.69. The van der Waals surface area contributed by atoms with Gasteiger partial charge in [0.2, 0.25) is 0 Å². The molecular weight excluding hydrogens is 466 g/mol. The molecule has 2 heterocycles. The van der Waals surface area contributed by atoms with E-state index in [1.165, 1.54) is 33.8 Å². The highest BCUT2D eigenvalue weighted by atomic mass is 35.5. The Kier molecular flexibility index (Phi) is 5.75. The van der Waals surface area contributed by atoms with Gasteiger partial charge in [0, 0.05) is 12.1 Å². The summed E-state index contributed by atoms with van der Waals surface area (Å²) in [5.74, 6) is -1.53. The average Bonchev–Trinajstić information content (AvgIpc) is 3.13. The number of nitrogens with two attached hydrogens (primary N) is 1. The molecule has 0 saturated heterocycles. The first kappa shape index (κ1) is 22.6. The molecule has 0 radical (unpaired) electrons. The topological polar surface area (TPSA) is 93.2 Å². The quantitative estimate of drug-likeness (QED) is 0.539. The number of anilines is 1. The van der Waals surface area contributed by atoms with Gasteiger partial charge < -0.3 is 16.0 Å². The van der Waals surface area contributed by atoms with E-state index >= 15 is 0 Å². The standard InChI is InChI=1S/C21H16ClF4N5O2/c22-14-6-2-5-13(21(24,25)26)18(14)28-19(32)16-15-10-30(20(27)33)7-8-31(15)29-17(16)11-3-1-4-12(23)9-11/h1-6,9H,7-8,10H2,(H2,27,33)(H,28,32). The fourth-order valence-electron chi connectivity index (χ4n) is 3.65. The molecule has 0 saturated carbocycles. The minimum atomic E-state index is -4.78. The molecular formula is C21H16ClF4N5O2. The molecule has 172 valence electrons. The number of nitrogens with one attached hydrogen (secondary N) is 1. The number of rotatable bonds is 3. The molecule has 0 bridgehead atoms. The third kappa shape index (κ3) is 4.36. The van der Waals surface area contributed by atoms with Crippen LogP contribution in [0.4, 0.5) is 28.0 Å². The van der Waals surface area contributed by atoms with Crippen molar-refractivity contribution in [2.24, 2.45) is 5.73 Å². The van der Waals surface area contributed by atoms with Crippen LogP contribution in [0.2, 0.25) is 5.02 Å². The van der Waals surface area contributed by atoms with Crippen LogP contribution in [-0.4, -0.2) is 33.2 Å². The molecule has 4 rings (SSSR count). The van der Waals surface area contributed by atoms with Gasteiger partial charge >= 0.3 is 12.2 Å². The number of hydrogen-bond donors (Lipinski definition) is 2. The second-order valence-electron chi connectivity index (χ2n) is 7.28. The van der Waals surface area contributed by atoms with Crippen molar-refractivity contribution in [2.75, 3.05) is 11.9 Å². The Morgan fingerprint density at radius 3 is 2.52 bits per heavy atom. The van der Waals surface area contributed by atoms with Gasteiger partial charge in [0.15, 0.2) is 0 Å². The lowest BCUT2D eigenvalue weighted by Gasteiger charge is -2.26. The normalized spacial score (nSPS) is 13.5. The molecule has 1 aliphatic heterocycles. The van der Waals surface area contributed by atoms with E-state index in [4.69, 9.17) is 17.3 Å². The number of nitrogens with zero attached hydrogens (tertiary/aromatic N) is 3. The van der Waals surface area contributed by atoms with Gasteiger partial charge in [-0.2, -0.15) is 18.3 Å². The predicted molar refractivity (Wildman–Crippen MR) is 112 cm³/mol. The highest BCUT2D eigenvalue weighted by molar-refractivity contribution is 6.34. The van der Waals surface area contributed by atoms with E-state index in [0.29, 0.717) is 0 Å². The van der Waals surface area contributed by atoms with Gasteiger partial charge in [0.25, 0.3) is 5.91 Å². The summed E-state index contributed by atoms with van der Waals surface area (Å²) in [4.78, 5) is 26.3. The third-order valence-electron chi connectivity index (χ3n) is 5.17. The Morgan fingerprint density at radius 2 is 1.85 bits per heavy atom. The average molecular weight is 482 g/mol. The lowest BCUT2D eigenvalue weighted by atomic mass is 10.0. The number of aromatic nitrogens is 2. The molecule has 2 aromatic carbocycles. The minimum absolute atomic E-state index is 0.0499. The Labute approximate surface area is 189 Å². The molecule has 7 nitrogen and oxygen atoms in total. The van der Waals surface area contributed by atoms with Crippen LogP contribution in [0.1, 0.15) is 21.6 Å². The van der Waals surface area contributed by atoms with Gasteiger partial charge in [-0.05, 0) is 24.3 Å². The zero-order valence-electron chi connectivity index (χ0n) is 16.8. The van der Waals surface area contributed by atoms with E-state index < -0.39 is 35.2 Å². The van der Waals surface area contributed by atoms with Gasteiger partial charge in [0.1, 0.15) is 11.5 Å². The van der Waals surface area contributed by atoms with Crippen molar-refractivity contribution >= 4 is 29.2 Å². The number of para-hydroxylation sites is 1. The van der Waals surface area contributed by atoms with Crippen LogP contribution in [0.3, 0.4) is 0 Å². The maximum Gasteiger partial charge on any atom is 0.418 e. The lowest BCUT2D eigenvalue weighted by molar-refractivity contribution is -0.136. The Balaban J connectivity index is 1.84. The zero-order valence-corrected chi connectivity index (χ0v) is 17.5. The zero-order chi connectivity index (χ0) is 23.9. The van der Waals surface area contributed by atoms with E-state index in [1.54, 1.807) is 0 Å². The smallest absolute Gasteiger partial charge is 0.351 e. The minimum Gasteiger partial charge on any atom is -0.351 e. The van der Waals surface area contributed by atoms with Crippen molar-refractivity contribution in [3.05, 3.63) is 70.1 Å². The molecule has 33 heavy (non-hydrogen) atoms. The highest BCUT2D eigenvalue weighted by Crippen LogP contribution is 2.39. The largest absolute Gasteiger partial charge is 0.418 e. The monoisotopic (exact) mass is 481 g/mol. The van der Waals surface area contributed by atoms with Crippen molar-refractivity contribution in [3.8, 4) is 11.3 Å². The number of fused-ring (bicyclic) bond motifs is 1. The summed E-state index contributed by atoms with van der Waals surface area (Å²) in [6.07, 6.45) is -4.78. The third-order valence-corrected chi connectivity index (χ3v) is 5.49. The van der Waals surface area contributed by atoms with Gasteiger partial charge in [-0.1, -0.05) is 29.8 Å². The summed E-state index contributed by atoms with van der Waals surface area (Å²) < 4.78 is 55.8. The molecule has 0 atom stereocenters. The summed E-state index contributed by atoms with van der Waals surface area (Å²) >= 11 is 5.97. The number of primary amides is 1. The number of hydrogen-bond acceptors (Lipinski definition) is 3. The summed E-state index contributed by atoms with van der Waals surface area (Å²) in [7, 11) is 0. The lowest BCUT2D eigenvalue weighted by Crippen LogP contribution is -2.42. The van der Waals surface area contributed by atoms with Crippen molar-refractivity contribution in [3.63, 3.8) is 0 Å². The number of amides is 3. The number of benzene rings is 2. The molecule has 3 aromatic rings. The van der Waals surface area contributed by atoms with Crippen LogP contribution in [0, 0.1) is 5.82 Å². The Hall–Kier alpha value is -3.60. The van der Waals surface area contributed by atoms with Crippen LogP contribution in [0.25, 0.3) is 11.3 Å². The maximum atomic E-state index is 13.9. The van der Waals surface area contributed by atoms with Crippen LogP contribution in [0.5, 0.6) is 0 Å². The SMILES string of the molecule is NC(=O)N1CCn2nc(-c3cccc(F)c3)c(C(=O)Nc3c(Cl)cccc3C(F)(F)F)c2C1. The highest BCUT2D eigenvalue weighted by Gasteiger charge is 2.36. The van der Waals surface area contributed by atoms with Crippen molar-refractivity contribution in [2.45, 2.75) is 19.3 Å². The van der Waals surface area contributed by atoms with E-state index in [1.807, 2.05) is 0 Å². The molecule has 1 aliphatic rings.